The molecule has 5 heteroatoms. The Balaban J connectivity index is 2.16. The van der Waals surface area contributed by atoms with E-state index in [9.17, 15) is 0 Å². The van der Waals surface area contributed by atoms with Crippen molar-refractivity contribution in [2.24, 2.45) is 10.9 Å². The summed E-state index contributed by atoms with van der Waals surface area (Å²) in [7, 11) is 0. The van der Waals surface area contributed by atoms with E-state index >= 15 is 0 Å². The summed E-state index contributed by atoms with van der Waals surface area (Å²) < 4.78 is 0. The number of para-hydroxylation sites is 1. The zero-order valence-electron chi connectivity index (χ0n) is 11.8. The Morgan fingerprint density at radius 3 is 2.71 bits per heavy atom. The summed E-state index contributed by atoms with van der Waals surface area (Å²) in [6.07, 6.45) is 3.00. The number of benzene rings is 2. The average molecular weight is 299 g/mol. The number of nitrogens with zero attached hydrogens (tertiary/aromatic N) is 2. The first-order valence-electron chi connectivity index (χ1n) is 6.76. The maximum atomic E-state index is 9.11. The highest BCUT2D eigenvalue weighted by atomic mass is 32.2. The molecule has 0 saturated heterocycles. The van der Waals surface area contributed by atoms with Crippen molar-refractivity contribution >= 4 is 29.0 Å². The Morgan fingerprint density at radius 1 is 1.19 bits per heavy atom. The van der Waals surface area contributed by atoms with Crippen LogP contribution in [0.15, 0.2) is 52.5 Å². The van der Waals surface area contributed by atoms with Crippen LogP contribution in [0.2, 0.25) is 0 Å². The molecule has 1 aliphatic heterocycles. The van der Waals surface area contributed by atoms with Gasteiger partial charge in [-0.05, 0) is 36.4 Å². The van der Waals surface area contributed by atoms with Gasteiger partial charge in [-0.1, -0.05) is 29.4 Å². The van der Waals surface area contributed by atoms with Gasteiger partial charge in [-0.15, -0.1) is 11.8 Å². The second-order valence-electron chi connectivity index (χ2n) is 4.87. The molecule has 0 spiro atoms. The minimum atomic E-state index is 0.152. The van der Waals surface area contributed by atoms with Gasteiger partial charge in [0.2, 0.25) is 0 Å². The van der Waals surface area contributed by atoms with E-state index in [-0.39, 0.29) is 5.84 Å². The monoisotopic (exact) mass is 299 g/mol. The molecule has 3 N–H and O–H groups in total. The topological polar surface area (TPSA) is 61.8 Å². The van der Waals surface area contributed by atoms with Crippen LogP contribution in [-0.2, 0) is 6.42 Å². The zero-order valence-corrected chi connectivity index (χ0v) is 12.6. The number of rotatable bonds is 3. The third-order valence-electron chi connectivity index (χ3n) is 3.77. The van der Waals surface area contributed by atoms with Crippen molar-refractivity contribution in [1.82, 2.24) is 0 Å². The molecule has 2 aromatic carbocycles. The highest BCUT2D eigenvalue weighted by Gasteiger charge is 2.24. The van der Waals surface area contributed by atoms with Crippen molar-refractivity contribution in [3.8, 4) is 0 Å². The Kier molecular flexibility index (Phi) is 3.75. The number of amidine groups is 1. The van der Waals surface area contributed by atoms with Gasteiger partial charge in [0.15, 0.2) is 5.84 Å². The van der Waals surface area contributed by atoms with Gasteiger partial charge in [-0.2, -0.15) is 0 Å². The second-order valence-corrected chi connectivity index (χ2v) is 5.72. The Hall–Kier alpha value is -2.14. The molecule has 0 atom stereocenters. The van der Waals surface area contributed by atoms with Crippen molar-refractivity contribution in [2.75, 3.05) is 17.7 Å². The van der Waals surface area contributed by atoms with Gasteiger partial charge >= 0.3 is 0 Å². The quantitative estimate of drug-likeness (QED) is 0.300. The van der Waals surface area contributed by atoms with Crippen LogP contribution in [0.1, 0.15) is 11.1 Å². The number of anilines is 2. The summed E-state index contributed by atoms with van der Waals surface area (Å²) >= 11 is 1.59. The molecule has 4 nitrogen and oxygen atoms in total. The van der Waals surface area contributed by atoms with Crippen LogP contribution in [0.5, 0.6) is 0 Å². The van der Waals surface area contributed by atoms with E-state index in [1.165, 1.54) is 11.3 Å². The molecule has 0 amide bonds. The fourth-order valence-electron chi connectivity index (χ4n) is 2.81. The second kappa shape index (κ2) is 5.69. The maximum absolute atomic E-state index is 9.11. The van der Waals surface area contributed by atoms with Gasteiger partial charge in [0.25, 0.3) is 0 Å². The lowest BCUT2D eigenvalue weighted by Gasteiger charge is -2.23. The van der Waals surface area contributed by atoms with Gasteiger partial charge in [0, 0.05) is 17.1 Å². The fraction of sp³-hybridized carbons (Fsp3) is 0.188. The van der Waals surface area contributed by atoms with Gasteiger partial charge < -0.3 is 15.8 Å². The standard InChI is InChI=1S/C16H17N3OS/c1-21-14-8-4-7-13(15(14)16(17)18-20)19-10-9-11-5-2-3-6-12(11)19/h2-8,20H,9-10H2,1H3,(H2,17,18). The van der Waals surface area contributed by atoms with E-state index in [2.05, 4.69) is 28.3 Å². The first-order valence-corrected chi connectivity index (χ1v) is 7.99. The van der Waals surface area contributed by atoms with E-state index < -0.39 is 0 Å². The van der Waals surface area contributed by atoms with E-state index in [0.717, 1.165) is 29.1 Å². The summed E-state index contributed by atoms with van der Waals surface area (Å²) in [6, 6.07) is 14.4. The molecule has 108 valence electrons. The summed E-state index contributed by atoms with van der Waals surface area (Å²) in [5, 5.41) is 12.3. The van der Waals surface area contributed by atoms with Gasteiger partial charge in [0.05, 0.1) is 11.3 Å². The molecule has 0 aromatic heterocycles. The first kappa shape index (κ1) is 13.8. The van der Waals surface area contributed by atoms with Crippen molar-refractivity contribution in [3.05, 3.63) is 53.6 Å². The van der Waals surface area contributed by atoms with Crippen molar-refractivity contribution in [1.29, 1.82) is 0 Å². The van der Waals surface area contributed by atoms with Crippen LogP contribution in [0.4, 0.5) is 11.4 Å². The van der Waals surface area contributed by atoms with Crippen molar-refractivity contribution in [2.45, 2.75) is 11.3 Å². The molecule has 0 saturated carbocycles. The Bertz CT molecular complexity index is 700. The third-order valence-corrected chi connectivity index (χ3v) is 4.55. The molecular weight excluding hydrogens is 282 g/mol. The van der Waals surface area contributed by atoms with Gasteiger partial charge in [0.1, 0.15) is 0 Å². The summed E-state index contributed by atoms with van der Waals surface area (Å²) in [5.74, 6) is 0.152. The Morgan fingerprint density at radius 2 is 1.95 bits per heavy atom. The molecule has 0 radical (unpaired) electrons. The van der Waals surface area contributed by atoms with Gasteiger partial charge in [-0.3, -0.25) is 0 Å². The minimum Gasteiger partial charge on any atom is -0.409 e. The Labute approximate surface area is 128 Å². The number of thioether (sulfide) groups is 1. The normalized spacial score (nSPS) is 14.3. The predicted octanol–water partition coefficient (Wildman–Crippen LogP) is 3.20. The minimum absolute atomic E-state index is 0.152. The van der Waals surface area contributed by atoms with Crippen molar-refractivity contribution < 1.29 is 5.21 Å². The SMILES string of the molecule is CSc1cccc(N2CCc3ccccc32)c1/C(N)=N/O. The van der Waals surface area contributed by atoms with Crippen molar-refractivity contribution in [3.63, 3.8) is 0 Å². The van der Waals surface area contributed by atoms with E-state index in [1.54, 1.807) is 11.8 Å². The lowest BCUT2D eigenvalue weighted by atomic mass is 10.1. The molecule has 0 bridgehead atoms. The zero-order chi connectivity index (χ0) is 14.8. The van der Waals surface area contributed by atoms with Crippen LogP contribution < -0.4 is 10.6 Å². The highest BCUT2D eigenvalue weighted by Crippen LogP contribution is 2.38. The average Bonchev–Trinajstić information content (AvgIpc) is 2.97. The largest absolute Gasteiger partial charge is 0.409 e. The number of hydrogen-bond acceptors (Lipinski definition) is 4. The molecule has 3 rings (SSSR count). The molecule has 1 aliphatic rings. The number of oxime groups is 1. The van der Waals surface area contributed by atoms with Crippen LogP contribution in [0, 0.1) is 0 Å². The molecule has 0 fully saturated rings. The highest BCUT2D eigenvalue weighted by molar-refractivity contribution is 7.98. The van der Waals surface area contributed by atoms with Crippen LogP contribution >= 0.6 is 11.8 Å². The van der Waals surface area contributed by atoms with Gasteiger partial charge in [-0.25, -0.2) is 0 Å². The summed E-state index contributed by atoms with van der Waals surface area (Å²) in [4.78, 5) is 3.25. The van der Waals surface area contributed by atoms with E-state index in [4.69, 9.17) is 10.9 Å². The molecular formula is C16H17N3OS. The molecule has 0 aliphatic carbocycles. The first-order chi connectivity index (χ1) is 10.3. The lowest BCUT2D eigenvalue weighted by Crippen LogP contribution is -2.22. The smallest absolute Gasteiger partial charge is 0.173 e. The molecule has 1 heterocycles. The van der Waals surface area contributed by atoms with Crippen LogP contribution in [0.25, 0.3) is 0 Å². The molecule has 2 aromatic rings. The van der Waals surface area contributed by atoms with Crippen LogP contribution in [0.3, 0.4) is 0 Å². The third kappa shape index (κ3) is 2.34. The summed E-state index contributed by atoms with van der Waals surface area (Å²) in [5.41, 5.74) is 10.2. The number of nitrogens with two attached hydrogens (primary N) is 1. The predicted molar refractivity (Wildman–Crippen MR) is 87.9 cm³/mol. The number of fused-ring (bicyclic) bond motifs is 1. The van der Waals surface area contributed by atoms with E-state index in [0.29, 0.717) is 0 Å². The summed E-state index contributed by atoms with van der Waals surface area (Å²) in [6.45, 7) is 0.906. The number of hydrogen-bond donors (Lipinski definition) is 2. The molecule has 21 heavy (non-hydrogen) atoms. The maximum Gasteiger partial charge on any atom is 0.173 e. The lowest BCUT2D eigenvalue weighted by molar-refractivity contribution is 0.318. The molecule has 0 unspecified atom stereocenters. The van der Waals surface area contributed by atoms with Crippen LogP contribution in [-0.4, -0.2) is 23.8 Å². The van der Waals surface area contributed by atoms with E-state index in [1.807, 2.05) is 30.5 Å². The fourth-order valence-corrected chi connectivity index (χ4v) is 3.44.